The van der Waals surface area contributed by atoms with Gasteiger partial charge in [-0.05, 0) is 19.1 Å². The molecule has 1 aromatic carbocycles. The van der Waals surface area contributed by atoms with Gasteiger partial charge in [0.1, 0.15) is 6.10 Å². The number of aliphatic hydroxyl groups is 1. The summed E-state index contributed by atoms with van der Waals surface area (Å²) in [6.45, 7) is 0.603. The number of rotatable bonds is 3. The highest BCUT2D eigenvalue weighted by atomic mass is 32.2. The Labute approximate surface area is 121 Å². The van der Waals surface area contributed by atoms with Crippen LogP contribution in [0.5, 0.6) is 0 Å². The van der Waals surface area contributed by atoms with Gasteiger partial charge in [0, 0.05) is 6.54 Å². The lowest BCUT2D eigenvalue weighted by atomic mass is 9.96. The fourth-order valence-electron chi connectivity index (χ4n) is 2.17. The molecule has 0 aromatic heterocycles. The number of nitrogens with zero attached hydrogens (tertiary/aromatic N) is 1. The van der Waals surface area contributed by atoms with Gasteiger partial charge in [-0.1, -0.05) is 17.7 Å². The number of ketones is 1. The first-order chi connectivity index (χ1) is 9.73. The van der Waals surface area contributed by atoms with Crippen LogP contribution in [0.2, 0.25) is 0 Å². The minimum Gasteiger partial charge on any atom is -0.385 e. The lowest BCUT2D eigenvalue weighted by Gasteiger charge is -2.33. The zero-order valence-corrected chi connectivity index (χ0v) is 12.1. The van der Waals surface area contributed by atoms with Gasteiger partial charge in [0.05, 0.1) is 17.4 Å². The molecule has 0 amide bonds. The topological polar surface area (TPSA) is 74.7 Å². The number of aryl methyl sites for hydroxylation is 1. The van der Waals surface area contributed by atoms with Gasteiger partial charge < -0.3 is 5.11 Å². The maximum absolute atomic E-state index is 12.8. The van der Waals surface area contributed by atoms with Crippen LogP contribution < -0.4 is 0 Å². The van der Waals surface area contributed by atoms with Gasteiger partial charge in [0.25, 0.3) is 0 Å². The second-order valence-corrected chi connectivity index (χ2v) is 6.96. The van der Waals surface area contributed by atoms with Crippen LogP contribution in [0, 0.1) is 12.8 Å². The lowest BCUT2D eigenvalue weighted by molar-refractivity contribution is -0.139. The number of carbonyl (C=O) groups excluding carboxylic acids is 1. The van der Waals surface area contributed by atoms with E-state index in [1.54, 1.807) is 19.1 Å². The Bertz CT molecular complexity index is 630. The molecule has 0 radical (unpaired) electrons. The summed E-state index contributed by atoms with van der Waals surface area (Å²) in [6, 6.07) is 5.88. The molecular weight excluding hydrogens is 304 g/mol. The monoisotopic (exact) mass is 319 g/mol. The van der Waals surface area contributed by atoms with E-state index in [2.05, 4.69) is 0 Å². The lowest BCUT2D eigenvalue weighted by Crippen LogP contribution is -2.53. The van der Waals surface area contributed by atoms with Gasteiger partial charge in [-0.25, -0.2) is 17.2 Å². The number of Topliss-reactive ketones (excluding diaryl/α,β-unsaturated/α-hetero) is 1. The summed E-state index contributed by atoms with van der Waals surface area (Å²) >= 11 is 0. The van der Waals surface area contributed by atoms with Crippen LogP contribution in [0.3, 0.4) is 0 Å². The van der Waals surface area contributed by atoms with E-state index >= 15 is 0 Å². The van der Waals surface area contributed by atoms with E-state index in [0.29, 0.717) is 4.31 Å². The molecule has 1 aliphatic rings. The molecule has 0 unspecified atom stereocenters. The molecule has 1 aliphatic heterocycles. The molecule has 1 N–H and O–H groups in total. The Hall–Kier alpha value is -1.38. The van der Waals surface area contributed by atoms with E-state index in [1.165, 1.54) is 12.1 Å². The van der Waals surface area contributed by atoms with Crippen molar-refractivity contribution >= 4 is 15.8 Å². The average molecular weight is 319 g/mol. The van der Waals surface area contributed by atoms with E-state index in [-0.39, 0.29) is 4.90 Å². The summed E-state index contributed by atoms with van der Waals surface area (Å²) in [5, 5.41) is 9.45. The van der Waals surface area contributed by atoms with E-state index < -0.39 is 47.3 Å². The van der Waals surface area contributed by atoms with Crippen LogP contribution in [0.15, 0.2) is 29.2 Å². The highest BCUT2D eigenvalue weighted by Gasteiger charge is 2.43. The van der Waals surface area contributed by atoms with Crippen LogP contribution in [-0.2, 0) is 14.8 Å². The zero-order valence-electron chi connectivity index (χ0n) is 11.2. The predicted octanol–water partition coefficient (Wildman–Crippen LogP) is 0.811. The Morgan fingerprint density at radius 3 is 2.38 bits per heavy atom. The van der Waals surface area contributed by atoms with Gasteiger partial charge in [-0.15, -0.1) is 0 Å². The molecule has 0 saturated carbocycles. The quantitative estimate of drug-likeness (QED) is 0.895. The molecule has 1 saturated heterocycles. The molecule has 5 nitrogen and oxygen atoms in total. The summed E-state index contributed by atoms with van der Waals surface area (Å²) in [4.78, 5) is 11.5. The minimum atomic E-state index is -4.03. The smallest absolute Gasteiger partial charge is 0.245 e. The number of aliphatic hydroxyl groups excluding tert-OH is 1. The first kappa shape index (κ1) is 16.0. The third-order valence-electron chi connectivity index (χ3n) is 3.46. The van der Waals surface area contributed by atoms with E-state index in [1.807, 2.05) is 0 Å². The van der Waals surface area contributed by atoms with Crippen molar-refractivity contribution in [3.8, 4) is 0 Å². The van der Waals surface area contributed by atoms with E-state index in [9.17, 15) is 27.1 Å². The van der Waals surface area contributed by atoms with Crippen LogP contribution in [-0.4, -0.2) is 49.2 Å². The van der Waals surface area contributed by atoms with Crippen LogP contribution in [0.4, 0.5) is 8.78 Å². The minimum absolute atomic E-state index is 0.0645. The number of sulfonamides is 1. The molecule has 1 heterocycles. The molecule has 1 fully saturated rings. The van der Waals surface area contributed by atoms with Gasteiger partial charge in [0.2, 0.25) is 16.4 Å². The molecule has 21 heavy (non-hydrogen) atoms. The Morgan fingerprint density at radius 1 is 1.29 bits per heavy atom. The van der Waals surface area contributed by atoms with Crippen molar-refractivity contribution in [1.29, 1.82) is 0 Å². The zero-order chi connectivity index (χ0) is 15.8. The Kier molecular flexibility index (Phi) is 4.40. The highest BCUT2D eigenvalue weighted by Crippen LogP contribution is 2.26. The molecule has 0 bridgehead atoms. The standard InChI is InChI=1S/C13H15F2NO4S/c1-8-2-4-9(5-3-8)21(19,20)16-6-10(13(14)15)12(18)11(17)7-16/h2-5,10,12-13,18H,6-7H2,1H3/t10-,12+/m0/s1. The van der Waals surface area contributed by atoms with Gasteiger partial charge in [-0.3, -0.25) is 4.79 Å². The molecular formula is C13H15F2NO4S. The number of benzene rings is 1. The number of piperidine rings is 1. The summed E-state index contributed by atoms with van der Waals surface area (Å²) in [7, 11) is -4.03. The Morgan fingerprint density at radius 2 is 1.86 bits per heavy atom. The molecule has 0 spiro atoms. The maximum atomic E-state index is 12.8. The summed E-state index contributed by atoms with van der Waals surface area (Å²) in [5.41, 5.74) is 0.851. The van der Waals surface area contributed by atoms with Crippen molar-refractivity contribution in [2.24, 2.45) is 5.92 Å². The van der Waals surface area contributed by atoms with Crippen molar-refractivity contribution in [3.05, 3.63) is 29.8 Å². The highest BCUT2D eigenvalue weighted by molar-refractivity contribution is 7.89. The largest absolute Gasteiger partial charge is 0.385 e. The number of hydrogen-bond acceptors (Lipinski definition) is 4. The summed E-state index contributed by atoms with van der Waals surface area (Å²) in [5.74, 6) is -2.62. The number of halogens is 2. The van der Waals surface area contributed by atoms with E-state index in [0.717, 1.165) is 5.56 Å². The maximum Gasteiger partial charge on any atom is 0.245 e. The third-order valence-corrected chi connectivity index (χ3v) is 5.29. The molecule has 0 aliphatic carbocycles. The van der Waals surface area contributed by atoms with Gasteiger partial charge in [0.15, 0.2) is 5.78 Å². The normalized spacial score (nSPS) is 24.5. The first-order valence-corrected chi connectivity index (χ1v) is 7.73. The molecule has 8 heteroatoms. The van der Waals surface area contributed by atoms with Gasteiger partial charge >= 0.3 is 0 Å². The van der Waals surface area contributed by atoms with Crippen LogP contribution >= 0.6 is 0 Å². The molecule has 2 atom stereocenters. The summed E-state index contributed by atoms with van der Waals surface area (Å²) < 4.78 is 51.1. The number of carbonyl (C=O) groups is 1. The average Bonchev–Trinajstić information content (AvgIpc) is 2.41. The fourth-order valence-corrected chi connectivity index (χ4v) is 3.61. The summed E-state index contributed by atoms with van der Waals surface area (Å²) in [6.07, 6.45) is -4.80. The van der Waals surface area contributed by atoms with Crippen LogP contribution in [0.1, 0.15) is 5.56 Å². The Balaban J connectivity index is 2.32. The predicted molar refractivity (Wildman–Crippen MR) is 70.4 cm³/mol. The fraction of sp³-hybridized carbons (Fsp3) is 0.462. The van der Waals surface area contributed by atoms with Crippen molar-refractivity contribution in [1.82, 2.24) is 4.31 Å². The number of hydrogen-bond donors (Lipinski definition) is 1. The van der Waals surface area contributed by atoms with Crippen molar-refractivity contribution in [3.63, 3.8) is 0 Å². The molecule has 1 aromatic rings. The number of alkyl halides is 2. The van der Waals surface area contributed by atoms with Gasteiger partial charge in [-0.2, -0.15) is 4.31 Å². The molecule has 116 valence electrons. The van der Waals surface area contributed by atoms with Crippen molar-refractivity contribution < 1.29 is 27.1 Å². The van der Waals surface area contributed by atoms with E-state index in [4.69, 9.17) is 0 Å². The SMILES string of the molecule is Cc1ccc(S(=O)(=O)N2CC(=O)[C@H](O)[C@@H](C(F)F)C2)cc1. The second-order valence-electron chi connectivity index (χ2n) is 5.02. The van der Waals surface area contributed by atoms with Crippen molar-refractivity contribution in [2.75, 3.05) is 13.1 Å². The van der Waals surface area contributed by atoms with Crippen molar-refractivity contribution in [2.45, 2.75) is 24.3 Å². The molecule has 2 rings (SSSR count). The third kappa shape index (κ3) is 3.12. The first-order valence-electron chi connectivity index (χ1n) is 6.29. The van der Waals surface area contributed by atoms with Crippen LogP contribution in [0.25, 0.3) is 0 Å². The second kappa shape index (κ2) is 5.78.